The Labute approximate surface area is 161 Å². The minimum absolute atomic E-state index is 0.0381. The molecule has 1 aromatic rings. The lowest BCUT2D eigenvalue weighted by atomic mass is 9.86. The predicted octanol–water partition coefficient (Wildman–Crippen LogP) is 3.46. The Morgan fingerprint density at radius 3 is 2.19 bits per heavy atom. The number of primary amides is 1. The quantitative estimate of drug-likeness (QED) is 0.555. The van der Waals surface area contributed by atoms with Crippen LogP contribution in [0.3, 0.4) is 0 Å². The molecule has 4 N–H and O–H groups in total. The highest BCUT2D eigenvalue weighted by atomic mass is 31.1. The van der Waals surface area contributed by atoms with Gasteiger partial charge in [0.05, 0.1) is 0 Å². The third-order valence-electron chi connectivity index (χ3n) is 4.47. The molecule has 27 heavy (non-hydrogen) atoms. The summed E-state index contributed by atoms with van der Waals surface area (Å²) >= 11 is 0. The van der Waals surface area contributed by atoms with E-state index in [0.717, 1.165) is 5.56 Å². The highest BCUT2D eigenvalue weighted by Crippen LogP contribution is 2.38. The van der Waals surface area contributed by atoms with Crippen molar-refractivity contribution < 1.29 is 24.4 Å². The zero-order chi connectivity index (χ0) is 20.8. The van der Waals surface area contributed by atoms with Crippen LogP contribution in [0.4, 0.5) is 0 Å². The Balaban J connectivity index is 3.02. The van der Waals surface area contributed by atoms with Gasteiger partial charge in [0.25, 0.3) is 5.34 Å². The van der Waals surface area contributed by atoms with Crippen LogP contribution in [0.2, 0.25) is 0 Å². The van der Waals surface area contributed by atoms with E-state index in [1.54, 1.807) is 6.92 Å². The lowest BCUT2D eigenvalue weighted by Crippen LogP contribution is -2.38. The van der Waals surface area contributed by atoms with Gasteiger partial charge in [-0.1, -0.05) is 61.3 Å². The first-order chi connectivity index (χ1) is 12.4. The molecular weight excluding hydrogens is 365 g/mol. The van der Waals surface area contributed by atoms with E-state index in [4.69, 9.17) is 5.73 Å². The van der Waals surface area contributed by atoms with Crippen LogP contribution in [-0.4, -0.2) is 27.4 Å². The predicted molar refractivity (Wildman–Crippen MR) is 107 cm³/mol. The molecule has 0 radical (unpaired) electrons. The lowest BCUT2D eigenvalue weighted by molar-refractivity contribution is -0.147. The van der Waals surface area contributed by atoms with E-state index in [-0.39, 0.29) is 24.7 Å². The third-order valence-corrected chi connectivity index (χ3v) is 5.35. The highest BCUT2D eigenvalue weighted by molar-refractivity contribution is 7.25. The van der Waals surface area contributed by atoms with Crippen molar-refractivity contribution in [1.82, 2.24) is 0 Å². The van der Waals surface area contributed by atoms with E-state index < -0.39 is 31.6 Å². The monoisotopic (exact) mass is 394 g/mol. The number of nitrogens with two attached hydrogens (primary N) is 1. The summed E-state index contributed by atoms with van der Waals surface area (Å²) in [6, 6.07) is 7.94. The number of carbonyl (C=O) groups is 2. The standard InChI is InChI=1S/C20H28NO5P/c1-13(11-14-5-7-15(8-6-14)19(2,3)4)12-20(25,27-26)16(18(23)24)9-10-17(21)22/h5-8,11,16,25H,9-10,12H2,1-4H3,(H2,21,22)(H,23,24)/p+1/b13-11+. The molecule has 7 heteroatoms. The van der Waals surface area contributed by atoms with Gasteiger partial charge < -0.3 is 15.9 Å². The minimum Gasteiger partial charge on any atom is -0.481 e. The number of benzene rings is 1. The molecule has 0 fully saturated rings. The Hall–Kier alpha value is -2.04. The fourth-order valence-electron chi connectivity index (χ4n) is 2.92. The summed E-state index contributed by atoms with van der Waals surface area (Å²) in [6.07, 6.45) is 1.39. The van der Waals surface area contributed by atoms with Crippen molar-refractivity contribution in [3.63, 3.8) is 0 Å². The van der Waals surface area contributed by atoms with Gasteiger partial charge in [-0.25, -0.2) is 0 Å². The Morgan fingerprint density at radius 2 is 1.78 bits per heavy atom. The Bertz CT molecular complexity index is 721. The smallest absolute Gasteiger partial charge is 0.360 e. The van der Waals surface area contributed by atoms with Crippen molar-refractivity contribution >= 4 is 26.4 Å². The van der Waals surface area contributed by atoms with Crippen LogP contribution in [0.5, 0.6) is 0 Å². The highest BCUT2D eigenvalue weighted by Gasteiger charge is 2.49. The number of amides is 1. The van der Waals surface area contributed by atoms with E-state index in [1.165, 1.54) is 5.56 Å². The second kappa shape index (κ2) is 9.25. The Kier molecular flexibility index (Phi) is 7.88. The number of hydrogen-bond donors (Lipinski definition) is 3. The van der Waals surface area contributed by atoms with Crippen LogP contribution in [-0.2, 0) is 19.6 Å². The molecule has 3 unspecified atom stereocenters. The number of aliphatic hydroxyl groups is 1. The molecule has 3 atom stereocenters. The van der Waals surface area contributed by atoms with Gasteiger partial charge >= 0.3 is 14.4 Å². The van der Waals surface area contributed by atoms with E-state index in [0.29, 0.717) is 5.57 Å². The Morgan fingerprint density at radius 1 is 1.22 bits per heavy atom. The van der Waals surface area contributed by atoms with E-state index in [2.05, 4.69) is 20.8 Å². The van der Waals surface area contributed by atoms with Crippen molar-refractivity contribution in [3.8, 4) is 0 Å². The number of rotatable bonds is 9. The number of carbonyl (C=O) groups excluding carboxylic acids is 1. The first-order valence-corrected chi connectivity index (χ1v) is 9.70. The van der Waals surface area contributed by atoms with Gasteiger partial charge in [-0.3, -0.25) is 9.59 Å². The molecule has 0 aliphatic rings. The van der Waals surface area contributed by atoms with E-state index in [9.17, 15) is 24.4 Å². The van der Waals surface area contributed by atoms with Gasteiger partial charge in [0, 0.05) is 12.8 Å². The molecule has 0 saturated heterocycles. The van der Waals surface area contributed by atoms with Crippen molar-refractivity contribution in [3.05, 3.63) is 41.0 Å². The van der Waals surface area contributed by atoms with Gasteiger partial charge in [-0.15, -0.1) is 0 Å². The van der Waals surface area contributed by atoms with Gasteiger partial charge in [-0.2, -0.15) is 0 Å². The minimum atomic E-state index is -1.95. The molecule has 6 nitrogen and oxygen atoms in total. The SMILES string of the molecule is C/C(=C\c1ccc(C(C)(C)C)cc1)CC(O)([PH+]=O)C(CCC(N)=O)C(=O)O. The summed E-state index contributed by atoms with van der Waals surface area (Å²) in [5.74, 6) is -3.30. The number of hydrogen-bond acceptors (Lipinski definition) is 4. The summed E-state index contributed by atoms with van der Waals surface area (Å²) < 4.78 is 11.7. The number of carboxylic acid groups (broad SMARTS) is 1. The van der Waals surface area contributed by atoms with Gasteiger partial charge in [0.1, 0.15) is 5.92 Å². The van der Waals surface area contributed by atoms with Crippen LogP contribution in [0.1, 0.15) is 58.1 Å². The topological polar surface area (TPSA) is 118 Å². The molecule has 1 aromatic carbocycles. The normalized spacial score (nSPS) is 16.0. The summed E-state index contributed by atoms with van der Waals surface area (Å²) in [5.41, 5.74) is 7.89. The number of carboxylic acids is 1. The summed E-state index contributed by atoms with van der Waals surface area (Å²) in [5, 5.41) is 18.1. The first kappa shape index (κ1) is 23.0. The third kappa shape index (κ3) is 6.89. The van der Waals surface area contributed by atoms with E-state index in [1.807, 2.05) is 30.3 Å². The fourth-order valence-corrected chi connectivity index (χ4v) is 3.68. The zero-order valence-electron chi connectivity index (χ0n) is 16.3. The van der Waals surface area contributed by atoms with Crippen LogP contribution in [0.25, 0.3) is 6.08 Å². The van der Waals surface area contributed by atoms with Crippen molar-refractivity contribution in [2.24, 2.45) is 11.7 Å². The van der Waals surface area contributed by atoms with Gasteiger partial charge in [0.2, 0.25) is 5.91 Å². The number of aliphatic carboxylic acids is 1. The molecule has 0 aliphatic heterocycles. The van der Waals surface area contributed by atoms with Crippen molar-refractivity contribution in [1.29, 1.82) is 0 Å². The molecule has 148 valence electrons. The summed E-state index contributed by atoms with van der Waals surface area (Å²) in [6.45, 7) is 8.11. The molecule has 0 bridgehead atoms. The molecule has 1 amide bonds. The first-order valence-electron chi connectivity index (χ1n) is 8.79. The zero-order valence-corrected chi connectivity index (χ0v) is 17.3. The van der Waals surface area contributed by atoms with Crippen molar-refractivity contribution in [2.45, 2.75) is 57.7 Å². The molecule has 0 aliphatic carbocycles. The summed E-state index contributed by atoms with van der Waals surface area (Å²) in [4.78, 5) is 22.5. The van der Waals surface area contributed by atoms with Crippen LogP contribution < -0.4 is 5.73 Å². The lowest BCUT2D eigenvalue weighted by Gasteiger charge is -2.22. The second-order valence-corrected chi connectivity index (χ2v) is 9.03. The van der Waals surface area contributed by atoms with E-state index >= 15 is 0 Å². The largest absolute Gasteiger partial charge is 0.481 e. The fraction of sp³-hybridized carbons (Fsp3) is 0.500. The van der Waals surface area contributed by atoms with Crippen LogP contribution in [0.15, 0.2) is 29.8 Å². The maximum atomic E-state index is 11.7. The summed E-state index contributed by atoms with van der Waals surface area (Å²) in [7, 11) is -1.25. The maximum Gasteiger partial charge on any atom is 0.360 e. The van der Waals surface area contributed by atoms with Crippen LogP contribution >= 0.6 is 8.46 Å². The average Bonchev–Trinajstić information content (AvgIpc) is 2.53. The van der Waals surface area contributed by atoms with Gasteiger partial charge in [-0.05, 0) is 29.9 Å². The second-order valence-electron chi connectivity index (χ2n) is 7.96. The average molecular weight is 394 g/mol. The molecule has 0 heterocycles. The molecule has 0 spiro atoms. The maximum absolute atomic E-state index is 11.7. The van der Waals surface area contributed by atoms with Crippen LogP contribution in [0, 0.1) is 5.92 Å². The molecule has 1 rings (SSSR count). The molecular formula is C20H29NO5P+. The molecule has 0 saturated carbocycles. The van der Waals surface area contributed by atoms with Gasteiger partial charge in [0.15, 0.2) is 0 Å². The van der Waals surface area contributed by atoms with Crippen molar-refractivity contribution in [2.75, 3.05) is 0 Å². The molecule has 0 aromatic heterocycles.